The summed E-state index contributed by atoms with van der Waals surface area (Å²) < 4.78 is 0.837. The minimum absolute atomic E-state index is 0.0556. The average Bonchev–Trinajstić information content (AvgIpc) is 3.24. The van der Waals surface area contributed by atoms with Gasteiger partial charge in [-0.05, 0) is 61.1 Å². The number of amides is 3. The van der Waals surface area contributed by atoms with Crippen LogP contribution in [0.25, 0.3) is 0 Å². The number of rotatable bonds is 35. The van der Waals surface area contributed by atoms with Gasteiger partial charge in [0, 0.05) is 81.9 Å². The van der Waals surface area contributed by atoms with E-state index in [0.29, 0.717) is 25.1 Å². The Morgan fingerprint density at radius 2 is 1.14 bits per heavy atom. The van der Waals surface area contributed by atoms with Crippen LogP contribution in [-0.4, -0.2) is 189 Å². The molecule has 0 fully saturated rings. The molecule has 24 heteroatoms. The highest BCUT2D eigenvalue weighted by molar-refractivity contribution is 9.10. The van der Waals surface area contributed by atoms with E-state index in [9.17, 15) is 58.8 Å². The average molecular weight is 984 g/mol. The smallest absolute Gasteiger partial charge is 0.326 e. The van der Waals surface area contributed by atoms with Crippen molar-refractivity contribution in [1.82, 2.24) is 41.3 Å². The van der Waals surface area contributed by atoms with Crippen molar-refractivity contribution in [2.45, 2.75) is 63.5 Å². The molecule has 0 spiro atoms. The van der Waals surface area contributed by atoms with E-state index in [4.69, 9.17) is 15.3 Å². The molecule has 0 heterocycles. The van der Waals surface area contributed by atoms with Crippen molar-refractivity contribution in [3.63, 3.8) is 0 Å². The summed E-state index contributed by atoms with van der Waals surface area (Å²) in [7, 11) is 0. The van der Waals surface area contributed by atoms with E-state index in [1.807, 2.05) is 29.2 Å². The molecule has 2 rings (SSSR count). The number of urea groups is 1. The second-order valence-electron chi connectivity index (χ2n) is 14.9. The number of carbonyl (C=O) groups excluding carboxylic acids is 2. The lowest BCUT2D eigenvalue weighted by atomic mass is 10.1. The largest absolute Gasteiger partial charge is 0.481 e. The summed E-state index contributed by atoms with van der Waals surface area (Å²) >= 11 is 3.40. The predicted octanol–water partition coefficient (Wildman–Crippen LogP) is -0.223. The first-order chi connectivity index (χ1) is 30.8. The molecule has 0 aliphatic heterocycles. The van der Waals surface area contributed by atoms with Gasteiger partial charge in [-0.2, -0.15) is 0 Å². The Morgan fingerprint density at radius 3 is 1.68 bits per heavy atom. The number of nitrogens with one attached hydrogen (secondary N) is 5. The lowest BCUT2D eigenvalue weighted by Gasteiger charge is -2.29. The van der Waals surface area contributed by atoms with Gasteiger partial charge >= 0.3 is 41.8 Å². The van der Waals surface area contributed by atoms with Gasteiger partial charge in [0.05, 0.1) is 19.6 Å². The SMILES string of the molecule is O=C(O)CC[C@@H](NC(=O)N[C@H](CCCCN(Cc1ccc(Br)cc1)C(=O)c1ccc(CNC(O)CN(CCNCC(=O)O)CCN(CCNCC(=O)O)CC(=O)O)cc1)C(=O)O)C(=O)O. The van der Waals surface area contributed by atoms with Crippen LogP contribution in [0.15, 0.2) is 53.0 Å². The first-order valence-electron chi connectivity index (χ1n) is 20.6. The molecule has 2 aromatic carbocycles. The predicted molar refractivity (Wildman–Crippen MR) is 235 cm³/mol. The van der Waals surface area contributed by atoms with Gasteiger partial charge in [-0.3, -0.25) is 39.1 Å². The van der Waals surface area contributed by atoms with Crippen LogP contribution < -0.4 is 26.6 Å². The third kappa shape index (κ3) is 24.8. The van der Waals surface area contributed by atoms with Crippen molar-refractivity contribution in [2.75, 3.05) is 72.0 Å². The van der Waals surface area contributed by atoms with E-state index in [0.717, 1.165) is 15.6 Å². The number of hydrogen-bond acceptors (Lipinski definition) is 14. The van der Waals surface area contributed by atoms with Crippen LogP contribution in [0.1, 0.15) is 53.6 Å². The number of aliphatic carboxylic acids is 6. The molecule has 12 N–H and O–H groups in total. The fraction of sp³-hybridized carbons (Fsp3) is 0.512. The van der Waals surface area contributed by atoms with Gasteiger partial charge in [-0.1, -0.05) is 40.2 Å². The second-order valence-corrected chi connectivity index (χ2v) is 15.8. The normalized spacial score (nSPS) is 12.6. The Hall–Kier alpha value is -5.76. The molecule has 23 nitrogen and oxygen atoms in total. The van der Waals surface area contributed by atoms with Gasteiger partial charge in [-0.15, -0.1) is 0 Å². The highest BCUT2D eigenvalue weighted by Crippen LogP contribution is 2.16. The zero-order valence-corrected chi connectivity index (χ0v) is 37.3. The maximum atomic E-state index is 13.9. The minimum atomic E-state index is -1.55. The molecule has 2 aromatic rings. The van der Waals surface area contributed by atoms with Gasteiger partial charge in [0.2, 0.25) is 0 Å². The summed E-state index contributed by atoms with van der Waals surface area (Å²) in [6, 6.07) is 10.0. The molecule has 0 aliphatic rings. The van der Waals surface area contributed by atoms with E-state index in [1.165, 1.54) is 0 Å². The Labute approximate surface area is 383 Å². The number of unbranched alkanes of at least 4 members (excludes halogenated alkanes) is 1. The summed E-state index contributed by atoms with van der Waals surface area (Å²) in [5, 5.41) is 78.8. The number of halogens is 1. The number of hydrogen-bond donors (Lipinski definition) is 12. The number of carboxylic acids is 6. The third-order valence-electron chi connectivity index (χ3n) is 9.63. The molecule has 1 unspecified atom stereocenters. The number of aliphatic hydroxyl groups is 1. The van der Waals surface area contributed by atoms with Crippen LogP contribution in [0.4, 0.5) is 4.79 Å². The maximum Gasteiger partial charge on any atom is 0.326 e. The molecule has 0 saturated carbocycles. The number of aliphatic hydroxyl groups excluding tert-OH is 1. The molecule has 360 valence electrons. The fourth-order valence-corrected chi connectivity index (χ4v) is 6.51. The summed E-state index contributed by atoms with van der Waals surface area (Å²) in [4.78, 5) is 98.9. The summed E-state index contributed by atoms with van der Waals surface area (Å²) in [5.74, 6) is -7.59. The monoisotopic (exact) mass is 982 g/mol. The molecule has 0 bridgehead atoms. The molecule has 0 aromatic heterocycles. The van der Waals surface area contributed by atoms with Gasteiger partial charge in [0.15, 0.2) is 0 Å². The molecule has 65 heavy (non-hydrogen) atoms. The summed E-state index contributed by atoms with van der Waals surface area (Å²) in [5.41, 5.74) is 1.90. The highest BCUT2D eigenvalue weighted by Gasteiger charge is 2.25. The molecule has 3 amide bonds. The zero-order valence-electron chi connectivity index (χ0n) is 35.7. The lowest BCUT2D eigenvalue weighted by Crippen LogP contribution is -2.51. The third-order valence-corrected chi connectivity index (χ3v) is 10.2. The van der Waals surface area contributed by atoms with Crippen LogP contribution in [0.3, 0.4) is 0 Å². The van der Waals surface area contributed by atoms with Crippen LogP contribution in [-0.2, 0) is 41.9 Å². The quantitative estimate of drug-likeness (QED) is 0.0314. The van der Waals surface area contributed by atoms with E-state index < -0.39 is 73.0 Å². The molecule has 0 aliphatic carbocycles. The maximum absolute atomic E-state index is 13.9. The number of carboxylic acid groups (broad SMARTS) is 6. The van der Waals surface area contributed by atoms with E-state index >= 15 is 0 Å². The van der Waals surface area contributed by atoms with E-state index in [2.05, 4.69) is 42.5 Å². The van der Waals surface area contributed by atoms with Crippen LogP contribution in [0.5, 0.6) is 0 Å². The van der Waals surface area contributed by atoms with Crippen LogP contribution in [0.2, 0.25) is 0 Å². The van der Waals surface area contributed by atoms with Crippen LogP contribution in [0, 0.1) is 0 Å². The first-order valence-corrected chi connectivity index (χ1v) is 21.4. The lowest BCUT2D eigenvalue weighted by molar-refractivity contribution is -0.141. The van der Waals surface area contributed by atoms with Gasteiger partial charge in [0.1, 0.15) is 18.3 Å². The first kappa shape index (κ1) is 55.4. The molecule has 0 saturated heterocycles. The Kier molecular flexibility index (Phi) is 25.9. The van der Waals surface area contributed by atoms with E-state index in [1.54, 1.807) is 34.1 Å². The number of benzene rings is 2. The van der Waals surface area contributed by atoms with E-state index in [-0.39, 0.29) is 90.7 Å². The van der Waals surface area contributed by atoms with Crippen molar-refractivity contribution in [3.05, 3.63) is 69.7 Å². The summed E-state index contributed by atoms with van der Waals surface area (Å²) in [6.45, 7) is 1.47. The van der Waals surface area contributed by atoms with Gasteiger partial charge < -0.3 is 61.9 Å². The van der Waals surface area contributed by atoms with Crippen molar-refractivity contribution < 1.29 is 74.1 Å². The Balaban J connectivity index is 2.06. The zero-order chi connectivity index (χ0) is 48.3. The summed E-state index contributed by atoms with van der Waals surface area (Å²) in [6.07, 6.45) is -1.48. The fourth-order valence-electron chi connectivity index (χ4n) is 6.25. The molecule has 0 radical (unpaired) electrons. The molecule has 3 atom stereocenters. The Bertz CT molecular complexity index is 1860. The standard InChI is InChI=1S/C41H59BrN8O15/c42-30-10-6-28(7-11-30)24-50(16-2-1-3-31(39(61)62)46-41(65)47-32(40(63)64)12-13-34(52)53)38(60)29-8-4-27(5-9-29)21-45-33(51)25-48(17-14-43-22-35(54)55)19-20-49(26-37(58)59)18-15-44-23-36(56)57/h4-11,31-33,43-45,51H,1-3,12-26H2,(H,52,53)(H,54,55)(H,56,57)(H,58,59)(H,61,62)(H,63,64)(H2,46,47,65)/t31-,32-,33?/m1/s1. The number of nitrogens with zero attached hydrogens (tertiary/aromatic N) is 3. The number of carbonyl (C=O) groups is 8. The Morgan fingerprint density at radius 1 is 0.600 bits per heavy atom. The van der Waals surface area contributed by atoms with Crippen LogP contribution >= 0.6 is 15.9 Å². The topological polar surface area (TPSA) is 348 Å². The molecular weight excluding hydrogens is 924 g/mol. The van der Waals surface area contributed by atoms with Gasteiger partial charge in [0.25, 0.3) is 5.91 Å². The minimum Gasteiger partial charge on any atom is -0.481 e. The van der Waals surface area contributed by atoms with Crippen molar-refractivity contribution in [2.24, 2.45) is 0 Å². The van der Waals surface area contributed by atoms with Crippen molar-refractivity contribution >= 4 is 63.7 Å². The van der Waals surface area contributed by atoms with Gasteiger partial charge in [-0.25, -0.2) is 14.4 Å². The highest BCUT2D eigenvalue weighted by atomic mass is 79.9. The molecular formula is C41H59BrN8O15. The van der Waals surface area contributed by atoms with Crippen molar-refractivity contribution in [3.8, 4) is 0 Å². The van der Waals surface area contributed by atoms with Crippen molar-refractivity contribution in [1.29, 1.82) is 0 Å². The second kappa shape index (κ2) is 30.4.